The summed E-state index contributed by atoms with van der Waals surface area (Å²) in [4.78, 5) is 12.1. The number of furan rings is 1. The van der Waals surface area contributed by atoms with E-state index in [2.05, 4.69) is 10.0 Å². The van der Waals surface area contributed by atoms with Gasteiger partial charge in [0.1, 0.15) is 13.2 Å². The Kier molecular flexibility index (Phi) is 4.66. The Labute approximate surface area is 161 Å². The highest BCUT2D eigenvalue weighted by Crippen LogP contribution is 2.32. The van der Waals surface area contributed by atoms with Crippen molar-refractivity contribution < 1.29 is 27.1 Å². The zero-order valence-electron chi connectivity index (χ0n) is 14.5. The molecule has 1 aromatic heterocycles. The third kappa shape index (κ3) is 3.79. The van der Waals surface area contributed by atoms with Crippen LogP contribution in [0.5, 0.6) is 11.5 Å². The Morgan fingerprint density at radius 1 is 0.893 bits per heavy atom. The van der Waals surface area contributed by atoms with Gasteiger partial charge in [-0.05, 0) is 42.5 Å². The van der Waals surface area contributed by atoms with Crippen molar-refractivity contribution in [2.45, 2.75) is 4.90 Å². The number of carbonyl (C=O) groups is 1. The van der Waals surface area contributed by atoms with Gasteiger partial charge in [-0.25, -0.2) is 8.42 Å². The van der Waals surface area contributed by atoms with Gasteiger partial charge in [0.15, 0.2) is 17.3 Å². The van der Waals surface area contributed by atoms with Gasteiger partial charge in [-0.3, -0.25) is 9.52 Å². The number of nitrogens with one attached hydrogen (secondary N) is 2. The molecule has 0 aliphatic carbocycles. The van der Waals surface area contributed by atoms with Gasteiger partial charge in [0.2, 0.25) is 0 Å². The second-order valence-electron chi connectivity index (χ2n) is 5.92. The molecule has 0 saturated heterocycles. The van der Waals surface area contributed by atoms with E-state index in [4.69, 9.17) is 13.9 Å². The summed E-state index contributed by atoms with van der Waals surface area (Å²) >= 11 is 0. The van der Waals surface area contributed by atoms with Crippen LogP contribution in [0, 0.1) is 0 Å². The van der Waals surface area contributed by atoms with Crippen molar-refractivity contribution in [3.63, 3.8) is 0 Å². The minimum atomic E-state index is -3.85. The molecule has 8 nitrogen and oxygen atoms in total. The molecular weight excluding hydrogens is 384 g/mol. The first-order chi connectivity index (χ1) is 13.5. The predicted octanol–water partition coefficient (Wildman–Crippen LogP) is 3.10. The maximum atomic E-state index is 12.7. The molecule has 4 rings (SSSR count). The molecule has 0 radical (unpaired) electrons. The van der Waals surface area contributed by atoms with Crippen molar-refractivity contribution in [1.82, 2.24) is 0 Å². The number of anilines is 2. The molecule has 0 spiro atoms. The molecule has 1 aliphatic heterocycles. The quantitative estimate of drug-likeness (QED) is 0.682. The topological polar surface area (TPSA) is 107 Å². The smallest absolute Gasteiger partial charge is 0.291 e. The fraction of sp³-hybridized carbons (Fsp3) is 0.105. The van der Waals surface area contributed by atoms with Gasteiger partial charge in [-0.1, -0.05) is 6.07 Å². The second kappa shape index (κ2) is 7.28. The second-order valence-corrected chi connectivity index (χ2v) is 7.61. The van der Waals surface area contributed by atoms with Crippen molar-refractivity contribution in [2.75, 3.05) is 23.3 Å². The van der Waals surface area contributed by atoms with Crippen molar-refractivity contribution in [3.8, 4) is 11.5 Å². The first-order valence-corrected chi connectivity index (χ1v) is 9.87. The number of ether oxygens (including phenoxy) is 2. The molecule has 0 unspecified atom stereocenters. The van der Waals surface area contributed by atoms with Gasteiger partial charge in [0.05, 0.1) is 16.8 Å². The molecular formula is C19H16N2O6S. The van der Waals surface area contributed by atoms with E-state index in [-0.39, 0.29) is 10.7 Å². The molecule has 0 bridgehead atoms. The molecule has 0 fully saturated rings. The lowest BCUT2D eigenvalue weighted by atomic mass is 10.3. The van der Waals surface area contributed by atoms with Crippen LogP contribution in [0.25, 0.3) is 0 Å². The van der Waals surface area contributed by atoms with Gasteiger partial charge in [-0.2, -0.15) is 0 Å². The first kappa shape index (κ1) is 17.9. The van der Waals surface area contributed by atoms with E-state index in [0.29, 0.717) is 36.1 Å². The van der Waals surface area contributed by atoms with Crippen molar-refractivity contribution >= 4 is 27.3 Å². The number of carbonyl (C=O) groups excluding carboxylic acids is 1. The highest BCUT2D eigenvalue weighted by molar-refractivity contribution is 7.92. The minimum Gasteiger partial charge on any atom is -0.486 e. The Balaban J connectivity index is 1.52. The van der Waals surface area contributed by atoms with Crippen molar-refractivity contribution in [1.29, 1.82) is 0 Å². The number of hydrogen-bond acceptors (Lipinski definition) is 6. The first-order valence-electron chi connectivity index (χ1n) is 8.39. The van der Waals surface area contributed by atoms with Gasteiger partial charge in [-0.15, -0.1) is 0 Å². The van der Waals surface area contributed by atoms with Crippen LogP contribution in [0.3, 0.4) is 0 Å². The average Bonchev–Trinajstić information content (AvgIpc) is 3.22. The van der Waals surface area contributed by atoms with Crippen molar-refractivity contribution in [3.05, 3.63) is 66.6 Å². The molecule has 9 heteroatoms. The van der Waals surface area contributed by atoms with E-state index >= 15 is 0 Å². The Morgan fingerprint density at radius 2 is 1.68 bits per heavy atom. The number of sulfonamides is 1. The van der Waals surface area contributed by atoms with Gasteiger partial charge >= 0.3 is 0 Å². The van der Waals surface area contributed by atoms with Crippen LogP contribution in [0.1, 0.15) is 10.6 Å². The Hall–Kier alpha value is -3.46. The molecule has 0 saturated carbocycles. The number of amides is 1. The van der Waals surface area contributed by atoms with Crippen LogP contribution in [-0.2, 0) is 10.0 Å². The summed E-state index contributed by atoms with van der Waals surface area (Å²) in [6.07, 6.45) is 1.40. The Bertz CT molecular complexity index is 1110. The molecule has 2 N–H and O–H groups in total. The SMILES string of the molecule is O=C(Nc1cccc(NS(=O)(=O)c2ccc3c(c2)OCCO3)c1)c1ccco1. The highest BCUT2D eigenvalue weighted by atomic mass is 32.2. The van der Waals surface area contributed by atoms with E-state index in [0.717, 1.165) is 0 Å². The van der Waals surface area contributed by atoms with Crippen LogP contribution in [0.4, 0.5) is 11.4 Å². The van der Waals surface area contributed by atoms with Crippen LogP contribution in [-0.4, -0.2) is 27.5 Å². The summed E-state index contributed by atoms with van der Waals surface area (Å²) in [5.41, 5.74) is 0.718. The van der Waals surface area contributed by atoms with Crippen LogP contribution in [0.2, 0.25) is 0 Å². The van der Waals surface area contributed by atoms with E-state index < -0.39 is 15.9 Å². The number of fused-ring (bicyclic) bond motifs is 1. The normalized spacial score (nSPS) is 13.0. The van der Waals surface area contributed by atoms with E-state index in [1.165, 1.54) is 30.5 Å². The lowest BCUT2D eigenvalue weighted by Crippen LogP contribution is -2.17. The number of hydrogen-bond donors (Lipinski definition) is 2. The summed E-state index contributed by atoms with van der Waals surface area (Å²) in [5, 5.41) is 2.65. The van der Waals surface area contributed by atoms with Crippen LogP contribution < -0.4 is 19.5 Å². The predicted molar refractivity (Wildman–Crippen MR) is 101 cm³/mol. The third-order valence-corrected chi connectivity index (χ3v) is 5.32. The number of rotatable bonds is 5. The van der Waals surface area contributed by atoms with Crippen molar-refractivity contribution in [2.24, 2.45) is 0 Å². The summed E-state index contributed by atoms with van der Waals surface area (Å²) in [6, 6.07) is 13.9. The van der Waals surface area contributed by atoms with Crippen LogP contribution in [0.15, 0.2) is 70.2 Å². The summed E-state index contributed by atoms with van der Waals surface area (Å²) in [5.74, 6) is 0.612. The molecule has 1 aliphatic rings. The molecule has 0 atom stereocenters. The zero-order chi connectivity index (χ0) is 19.6. The third-order valence-electron chi connectivity index (χ3n) is 3.94. The zero-order valence-corrected chi connectivity index (χ0v) is 15.4. The molecule has 28 heavy (non-hydrogen) atoms. The standard InChI is InChI=1S/C19H16N2O6S/c22-19(17-5-2-8-25-17)20-13-3-1-4-14(11-13)21-28(23,24)15-6-7-16-18(12-15)27-10-9-26-16/h1-8,11-12,21H,9-10H2,(H,20,22). The fourth-order valence-corrected chi connectivity index (χ4v) is 3.73. The summed E-state index contributed by atoms with van der Waals surface area (Å²) < 4.78 is 43.8. The van der Waals surface area contributed by atoms with E-state index in [1.54, 1.807) is 30.3 Å². The minimum absolute atomic E-state index is 0.0433. The lowest BCUT2D eigenvalue weighted by Gasteiger charge is -2.19. The maximum Gasteiger partial charge on any atom is 0.291 e. The molecule has 1 amide bonds. The fourth-order valence-electron chi connectivity index (χ4n) is 2.67. The van der Waals surface area contributed by atoms with Gasteiger partial charge in [0.25, 0.3) is 15.9 Å². The van der Waals surface area contributed by atoms with Gasteiger partial charge in [0, 0.05) is 11.8 Å². The molecule has 2 aromatic carbocycles. The highest BCUT2D eigenvalue weighted by Gasteiger charge is 2.20. The molecule has 3 aromatic rings. The van der Waals surface area contributed by atoms with Gasteiger partial charge < -0.3 is 19.2 Å². The van der Waals surface area contributed by atoms with E-state index in [1.807, 2.05) is 0 Å². The largest absolute Gasteiger partial charge is 0.486 e. The number of benzene rings is 2. The molecule has 144 valence electrons. The van der Waals surface area contributed by atoms with E-state index in [9.17, 15) is 13.2 Å². The maximum absolute atomic E-state index is 12.7. The Morgan fingerprint density at radius 3 is 2.46 bits per heavy atom. The summed E-state index contributed by atoms with van der Waals surface area (Å²) in [6.45, 7) is 0.787. The monoisotopic (exact) mass is 400 g/mol. The van der Waals surface area contributed by atoms with Crippen LogP contribution >= 0.6 is 0 Å². The average molecular weight is 400 g/mol. The summed E-state index contributed by atoms with van der Waals surface area (Å²) in [7, 11) is -3.85. The lowest BCUT2D eigenvalue weighted by molar-refractivity contribution is 0.0996. The molecule has 2 heterocycles.